The highest BCUT2D eigenvalue weighted by Gasteiger charge is 2.38. The Kier molecular flexibility index (Phi) is 5.17. The summed E-state index contributed by atoms with van der Waals surface area (Å²) < 4.78 is 15.7. The number of aryl methyl sites for hydroxylation is 1. The summed E-state index contributed by atoms with van der Waals surface area (Å²) >= 11 is 0. The molecule has 3 heterocycles. The quantitative estimate of drug-likeness (QED) is 0.844. The zero-order chi connectivity index (χ0) is 19.7. The Labute approximate surface area is 162 Å². The van der Waals surface area contributed by atoms with Gasteiger partial charge in [-0.15, -0.1) is 0 Å². The molecule has 3 atom stereocenters. The fourth-order valence-electron chi connectivity index (χ4n) is 4.13. The van der Waals surface area contributed by atoms with Gasteiger partial charge in [0.1, 0.15) is 12.0 Å². The van der Waals surface area contributed by atoms with Crippen LogP contribution in [0.2, 0.25) is 0 Å². The standard InChI is InChI=1S/C19H24N4O5/c1-11-17(20-10-27-11)18(24)21-15-4-3-12(7-16(15)26-2)19(25)23-6-5-14-13(8-23)9-28-22-14/h9-10,12,15-16H,3-8H2,1-2H3,(H,21,24)/t12-,15+,16+/m0/s1. The molecule has 2 aromatic heterocycles. The molecule has 0 unspecified atom stereocenters. The first-order valence-electron chi connectivity index (χ1n) is 9.51. The van der Waals surface area contributed by atoms with Crippen molar-refractivity contribution in [2.75, 3.05) is 13.7 Å². The fraction of sp³-hybridized carbons (Fsp3) is 0.579. The van der Waals surface area contributed by atoms with Gasteiger partial charge >= 0.3 is 0 Å². The number of hydrogen-bond donors (Lipinski definition) is 1. The van der Waals surface area contributed by atoms with Crippen LogP contribution in [0.5, 0.6) is 0 Å². The van der Waals surface area contributed by atoms with Crippen molar-refractivity contribution < 1.29 is 23.3 Å². The summed E-state index contributed by atoms with van der Waals surface area (Å²) in [6.07, 6.45) is 5.31. The highest BCUT2D eigenvalue weighted by Crippen LogP contribution is 2.30. The van der Waals surface area contributed by atoms with Crippen molar-refractivity contribution in [3.8, 4) is 0 Å². The number of fused-ring (bicyclic) bond motifs is 1. The Bertz CT molecular complexity index is 860. The molecule has 4 rings (SSSR count). The second-order valence-corrected chi connectivity index (χ2v) is 7.42. The number of nitrogens with one attached hydrogen (secondary N) is 1. The zero-order valence-electron chi connectivity index (χ0n) is 16.0. The van der Waals surface area contributed by atoms with Crippen LogP contribution in [0.15, 0.2) is 21.6 Å². The van der Waals surface area contributed by atoms with E-state index in [-0.39, 0.29) is 35.6 Å². The van der Waals surface area contributed by atoms with E-state index >= 15 is 0 Å². The number of nitrogens with zero attached hydrogens (tertiary/aromatic N) is 3. The van der Waals surface area contributed by atoms with E-state index in [2.05, 4.69) is 15.5 Å². The number of carbonyl (C=O) groups is 2. The molecule has 28 heavy (non-hydrogen) atoms. The van der Waals surface area contributed by atoms with Crippen LogP contribution in [0, 0.1) is 12.8 Å². The Balaban J connectivity index is 1.37. The summed E-state index contributed by atoms with van der Waals surface area (Å²) in [5, 5.41) is 6.95. The van der Waals surface area contributed by atoms with E-state index in [4.69, 9.17) is 13.7 Å². The van der Waals surface area contributed by atoms with E-state index < -0.39 is 0 Å². The molecule has 0 aromatic carbocycles. The van der Waals surface area contributed by atoms with Crippen molar-refractivity contribution in [1.82, 2.24) is 20.4 Å². The number of methoxy groups -OCH3 is 1. The first-order chi connectivity index (χ1) is 13.6. The maximum atomic E-state index is 13.0. The van der Waals surface area contributed by atoms with Crippen LogP contribution < -0.4 is 5.32 Å². The van der Waals surface area contributed by atoms with Gasteiger partial charge in [0.25, 0.3) is 5.91 Å². The predicted octanol–water partition coefficient (Wildman–Crippen LogP) is 1.47. The number of rotatable bonds is 4. The zero-order valence-corrected chi connectivity index (χ0v) is 16.0. The van der Waals surface area contributed by atoms with Crippen LogP contribution >= 0.6 is 0 Å². The Morgan fingerprint density at radius 2 is 2.21 bits per heavy atom. The number of oxazole rings is 1. The highest BCUT2D eigenvalue weighted by molar-refractivity contribution is 5.93. The molecular formula is C19H24N4O5. The number of amides is 2. The van der Waals surface area contributed by atoms with Gasteiger partial charge in [-0.2, -0.15) is 0 Å². The van der Waals surface area contributed by atoms with E-state index in [1.54, 1.807) is 20.3 Å². The highest BCUT2D eigenvalue weighted by atomic mass is 16.5. The van der Waals surface area contributed by atoms with Gasteiger partial charge in [0.15, 0.2) is 12.1 Å². The van der Waals surface area contributed by atoms with Crippen LogP contribution in [-0.4, -0.2) is 52.7 Å². The molecule has 1 aliphatic heterocycles. The lowest BCUT2D eigenvalue weighted by atomic mass is 9.82. The number of aromatic nitrogens is 2. The van der Waals surface area contributed by atoms with Crippen molar-refractivity contribution in [1.29, 1.82) is 0 Å². The fourth-order valence-corrected chi connectivity index (χ4v) is 4.13. The first kappa shape index (κ1) is 18.7. The third-order valence-electron chi connectivity index (χ3n) is 5.74. The third kappa shape index (κ3) is 3.54. The molecule has 1 N–H and O–H groups in total. The first-order valence-corrected chi connectivity index (χ1v) is 9.51. The van der Waals surface area contributed by atoms with E-state index in [0.29, 0.717) is 44.5 Å². The normalized spacial score (nSPS) is 24.6. The topological polar surface area (TPSA) is 111 Å². The molecule has 0 radical (unpaired) electrons. The minimum absolute atomic E-state index is 0.117. The van der Waals surface area contributed by atoms with E-state index in [9.17, 15) is 9.59 Å². The lowest BCUT2D eigenvalue weighted by Gasteiger charge is -2.37. The molecule has 2 aromatic rings. The molecule has 1 saturated carbocycles. The smallest absolute Gasteiger partial charge is 0.273 e. The van der Waals surface area contributed by atoms with Gasteiger partial charge in [-0.05, 0) is 26.2 Å². The molecule has 1 fully saturated rings. The third-order valence-corrected chi connectivity index (χ3v) is 5.74. The molecule has 9 heteroatoms. The van der Waals surface area contributed by atoms with Gasteiger partial charge in [0.05, 0.1) is 24.4 Å². The summed E-state index contributed by atoms with van der Waals surface area (Å²) in [6, 6.07) is -0.163. The molecule has 0 spiro atoms. The Morgan fingerprint density at radius 3 is 2.96 bits per heavy atom. The summed E-state index contributed by atoms with van der Waals surface area (Å²) in [6.45, 7) is 2.89. The molecule has 9 nitrogen and oxygen atoms in total. The van der Waals surface area contributed by atoms with E-state index in [1.807, 2.05) is 4.90 Å². The van der Waals surface area contributed by atoms with Crippen molar-refractivity contribution in [3.05, 3.63) is 35.4 Å². The van der Waals surface area contributed by atoms with Crippen LogP contribution in [0.1, 0.15) is 46.8 Å². The summed E-state index contributed by atoms with van der Waals surface area (Å²) in [7, 11) is 1.61. The predicted molar refractivity (Wildman–Crippen MR) is 96.3 cm³/mol. The van der Waals surface area contributed by atoms with Crippen molar-refractivity contribution in [2.24, 2.45) is 5.92 Å². The Morgan fingerprint density at radius 1 is 1.36 bits per heavy atom. The maximum Gasteiger partial charge on any atom is 0.273 e. The van der Waals surface area contributed by atoms with Crippen LogP contribution in [0.25, 0.3) is 0 Å². The minimum atomic E-state index is -0.279. The SMILES string of the molecule is CO[C@@H]1C[C@@H](C(=O)N2CCc3nocc3C2)CC[C@H]1NC(=O)c1ncoc1C. The lowest BCUT2D eigenvalue weighted by molar-refractivity contribution is -0.139. The average Bonchev–Trinajstić information content (AvgIpc) is 3.35. The van der Waals surface area contributed by atoms with Crippen LogP contribution in [0.4, 0.5) is 0 Å². The largest absolute Gasteiger partial charge is 0.448 e. The summed E-state index contributed by atoms with van der Waals surface area (Å²) in [4.78, 5) is 31.3. The molecular weight excluding hydrogens is 364 g/mol. The van der Waals surface area contributed by atoms with E-state index in [1.165, 1.54) is 6.39 Å². The van der Waals surface area contributed by atoms with Gasteiger partial charge in [-0.25, -0.2) is 4.98 Å². The van der Waals surface area contributed by atoms with Crippen molar-refractivity contribution >= 4 is 11.8 Å². The summed E-state index contributed by atoms with van der Waals surface area (Å²) in [5.74, 6) is 0.215. The number of hydrogen-bond acceptors (Lipinski definition) is 7. The number of ether oxygens (including phenoxy) is 1. The average molecular weight is 388 g/mol. The second kappa shape index (κ2) is 7.75. The second-order valence-electron chi connectivity index (χ2n) is 7.42. The summed E-state index contributed by atoms with van der Waals surface area (Å²) in [5.41, 5.74) is 2.20. The lowest BCUT2D eigenvalue weighted by Crippen LogP contribution is -2.50. The van der Waals surface area contributed by atoms with Crippen LogP contribution in [0.3, 0.4) is 0 Å². The van der Waals surface area contributed by atoms with Gasteiger partial charge < -0.3 is 23.9 Å². The van der Waals surface area contributed by atoms with Gasteiger partial charge in [-0.1, -0.05) is 5.16 Å². The van der Waals surface area contributed by atoms with Gasteiger partial charge in [0, 0.05) is 31.6 Å². The van der Waals surface area contributed by atoms with Gasteiger partial charge in [0.2, 0.25) is 5.91 Å². The van der Waals surface area contributed by atoms with E-state index in [0.717, 1.165) is 11.3 Å². The van der Waals surface area contributed by atoms with Crippen LogP contribution in [-0.2, 0) is 22.5 Å². The monoisotopic (exact) mass is 388 g/mol. The van der Waals surface area contributed by atoms with Crippen molar-refractivity contribution in [3.63, 3.8) is 0 Å². The van der Waals surface area contributed by atoms with Gasteiger partial charge in [-0.3, -0.25) is 9.59 Å². The minimum Gasteiger partial charge on any atom is -0.448 e. The number of carbonyl (C=O) groups excluding carboxylic acids is 2. The molecule has 1 aliphatic carbocycles. The molecule has 0 saturated heterocycles. The molecule has 150 valence electrons. The van der Waals surface area contributed by atoms with Crippen molar-refractivity contribution in [2.45, 2.75) is 51.3 Å². The molecule has 2 aliphatic rings. The molecule has 2 amide bonds. The Hall–Kier alpha value is -2.68. The molecule has 0 bridgehead atoms. The maximum absolute atomic E-state index is 13.0.